The molecule has 0 bridgehead atoms. The number of nitrogens with zero attached hydrogens (tertiary/aromatic N) is 3. The molecule has 1 atom stereocenters. The zero-order valence-corrected chi connectivity index (χ0v) is 12.4. The summed E-state index contributed by atoms with van der Waals surface area (Å²) in [5.74, 6) is 1.31. The van der Waals surface area contributed by atoms with Gasteiger partial charge in [-0.2, -0.15) is 0 Å². The predicted octanol–water partition coefficient (Wildman–Crippen LogP) is 2.62. The average Bonchev–Trinajstić information content (AvgIpc) is 2.62. The van der Waals surface area contributed by atoms with Crippen LogP contribution in [0.2, 0.25) is 0 Å². The van der Waals surface area contributed by atoms with Crippen molar-refractivity contribution < 1.29 is 0 Å². The second-order valence-corrected chi connectivity index (χ2v) is 5.82. The summed E-state index contributed by atoms with van der Waals surface area (Å²) in [5, 5.41) is 0. The van der Waals surface area contributed by atoms with Crippen LogP contribution in [-0.4, -0.2) is 29.1 Å². The zero-order chi connectivity index (χ0) is 13.8. The zero-order valence-electron chi connectivity index (χ0n) is 12.4. The van der Waals surface area contributed by atoms with E-state index in [0.717, 1.165) is 30.3 Å². The third-order valence-electron chi connectivity index (χ3n) is 3.86. The van der Waals surface area contributed by atoms with Gasteiger partial charge in [0.2, 0.25) is 5.95 Å². The summed E-state index contributed by atoms with van der Waals surface area (Å²) < 4.78 is 0. The Morgan fingerprint density at radius 1 is 1.32 bits per heavy atom. The Morgan fingerprint density at radius 2 is 2.11 bits per heavy atom. The van der Waals surface area contributed by atoms with Crippen LogP contribution in [0.3, 0.4) is 0 Å². The van der Waals surface area contributed by atoms with Crippen molar-refractivity contribution >= 4 is 5.95 Å². The van der Waals surface area contributed by atoms with Gasteiger partial charge in [-0.3, -0.25) is 0 Å². The van der Waals surface area contributed by atoms with Gasteiger partial charge in [0.1, 0.15) is 0 Å². The smallest absolute Gasteiger partial charge is 0.226 e. The SMILES string of the molecule is Cc1cc(C(C)C)nc(N2CCCCCC2CN)n1. The third kappa shape index (κ3) is 3.44. The van der Waals surface area contributed by atoms with Crippen molar-refractivity contribution in [3.8, 4) is 0 Å². The fraction of sp³-hybridized carbons (Fsp3) is 0.733. The van der Waals surface area contributed by atoms with E-state index < -0.39 is 0 Å². The lowest BCUT2D eigenvalue weighted by atomic mass is 10.1. The Hall–Kier alpha value is -1.16. The second-order valence-electron chi connectivity index (χ2n) is 5.82. The van der Waals surface area contributed by atoms with Gasteiger partial charge >= 0.3 is 0 Å². The van der Waals surface area contributed by atoms with Gasteiger partial charge in [0.25, 0.3) is 0 Å². The predicted molar refractivity (Wildman–Crippen MR) is 79.5 cm³/mol. The Labute approximate surface area is 116 Å². The molecule has 1 saturated heterocycles. The molecular formula is C15H26N4. The van der Waals surface area contributed by atoms with Crippen molar-refractivity contribution in [3.05, 3.63) is 17.5 Å². The molecule has 0 radical (unpaired) electrons. The maximum Gasteiger partial charge on any atom is 0.226 e. The molecule has 19 heavy (non-hydrogen) atoms. The molecular weight excluding hydrogens is 236 g/mol. The van der Waals surface area contributed by atoms with Crippen molar-refractivity contribution in [3.63, 3.8) is 0 Å². The molecule has 1 unspecified atom stereocenters. The van der Waals surface area contributed by atoms with Crippen LogP contribution >= 0.6 is 0 Å². The first-order chi connectivity index (χ1) is 9.11. The molecule has 2 heterocycles. The molecule has 2 N–H and O–H groups in total. The van der Waals surface area contributed by atoms with Crippen LogP contribution in [0.1, 0.15) is 56.8 Å². The van der Waals surface area contributed by atoms with Crippen molar-refractivity contribution in [2.75, 3.05) is 18.0 Å². The summed E-state index contributed by atoms with van der Waals surface area (Å²) >= 11 is 0. The highest BCUT2D eigenvalue weighted by molar-refractivity contribution is 5.35. The van der Waals surface area contributed by atoms with Crippen molar-refractivity contribution in [2.45, 2.75) is 58.4 Å². The summed E-state index contributed by atoms with van der Waals surface area (Å²) in [6.45, 7) is 8.12. The van der Waals surface area contributed by atoms with Gasteiger partial charge < -0.3 is 10.6 Å². The van der Waals surface area contributed by atoms with E-state index in [-0.39, 0.29) is 0 Å². The fourth-order valence-electron chi connectivity index (χ4n) is 2.69. The van der Waals surface area contributed by atoms with Gasteiger partial charge in [-0.25, -0.2) is 9.97 Å². The largest absolute Gasteiger partial charge is 0.337 e. The molecule has 1 aromatic rings. The monoisotopic (exact) mass is 262 g/mol. The van der Waals surface area contributed by atoms with Crippen molar-refractivity contribution in [1.29, 1.82) is 0 Å². The number of nitrogens with two attached hydrogens (primary N) is 1. The Bertz CT molecular complexity index is 417. The van der Waals surface area contributed by atoms with Gasteiger partial charge in [0, 0.05) is 30.5 Å². The van der Waals surface area contributed by atoms with Gasteiger partial charge in [-0.05, 0) is 31.7 Å². The minimum absolute atomic E-state index is 0.393. The van der Waals surface area contributed by atoms with Gasteiger partial charge in [0.05, 0.1) is 0 Å². The lowest BCUT2D eigenvalue weighted by Crippen LogP contribution is -2.41. The summed E-state index contributed by atoms with van der Waals surface area (Å²) in [6, 6.07) is 2.48. The molecule has 4 heteroatoms. The second kappa shape index (κ2) is 6.33. The molecule has 0 aromatic carbocycles. The molecule has 1 aliphatic heterocycles. The molecule has 0 saturated carbocycles. The van der Waals surface area contributed by atoms with Crippen LogP contribution in [0.15, 0.2) is 6.07 Å². The quantitative estimate of drug-likeness (QED) is 0.909. The first kappa shape index (κ1) is 14.3. The van der Waals surface area contributed by atoms with E-state index in [4.69, 9.17) is 10.7 Å². The Morgan fingerprint density at radius 3 is 2.79 bits per heavy atom. The maximum absolute atomic E-state index is 5.94. The van der Waals surface area contributed by atoms with Crippen LogP contribution < -0.4 is 10.6 Å². The molecule has 1 aliphatic rings. The number of rotatable bonds is 3. The molecule has 4 nitrogen and oxygen atoms in total. The highest BCUT2D eigenvalue weighted by atomic mass is 15.3. The van der Waals surface area contributed by atoms with Crippen LogP contribution in [0, 0.1) is 6.92 Å². The fourth-order valence-corrected chi connectivity index (χ4v) is 2.69. The normalized spacial score (nSPS) is 20.7. The van der Waals surface area contributed by atoms with Gasteiger partial charge in [0.15, 0.2) is 0 Å². The summed E-state index contributed by atoms with van der Waals surface area (Å²) in [6.07, 6.45) is 4.92. The Kier molecular flexibility index (Phi) is 4.75. The molecule has 2 rings (SSSR count). The molecule has 1 aromatic heterocycles. The number of hydrogen-bond donors (Lipinski definition) is 1. The lowest BCUT2D eigenvalue weighted by Gasteiger charge is -2.29. The summed E-state index contributed by atoms with van der Waals surface area (Å²) in [4.78, 5) is 11.7. The van der Waals surface area contributed by atoms with Crippen molar-refractivity contribution in [2.24, 2.45) is 5.73 Å². The number of aryl methyl sites for hydroxylation is 1. The van der Waals surface area contributed by atoms with Gasteiger partial charge in [-0.1, -0.05) is 26.7 Å². The van der Waals surface area contributed by atoms with E-state index in [1.807, 2.05) is 6.92 Å². The van der Waals surface area contributed by atoms with Crippen LogP contribution in [0.25, 0.3) is 0 Å². The van der Waals surface area contributed by atoms with E-state index >= 15 is 0 Å². The standard InChI is InChI=1S/C15H26N4/c1-11(2)14-9-12(3)17-15(18-14)19-8-6-4-5-7-13(19)10-16/h9,11,13H,4-8,10,16H2,1-3H3. The van der Waals surface area contributed by atoms with E-state index in [1.54, 1.807) is 0 Å². The van der Waals surface area contributed by atoms with Crippen LogP contribution in [-0.2, 0) is 0 Å². The number of anilines is 1. The lowest BCUT2D eigenvalue weighted by molar-refractivity contribution is 0.568. The first-order valence-corrected chi connectivity index (χ1v) is 7.44. The van der Waals surface area contributed by atoms with E-state index in [2.05, 4.69) is 29.8 Å². The summed E-state index contributed by atoms with van der Waals surface area (Å²) in [5.41, 5.74) is 8.12. The number of hydrogen-bond acceptors (Lipinski definition) is 4. The molecule has 0 aliphatic carbocycles. The maximum atomic E-state index is 5.94. The highest BCUT2D eigenvalue weighted by Crippen LogP contribution is 2.23. The molecule has 0 spiro atoms. The van der Waals surface area contributed by atoms with Crippen molar-refractivity contribution in [1.82, 2.24) is 9.97 Å². The number of aromatic nitrogens is 2. The average molecular weight is 262 g/mol. The van der Waals surface area contributed by atoms with Crippen LogP contribution in [0.5, 0.6) is 0 Å². The first-order valence-electron chi connectivity index (χ1n) is 7.44. The van der Waals surface area contributed by atoms with Crippen LogP contribution in [0.4, 0.5) is 5.95 Å². The van der Waals surface area contributed by atoms with E-state index in [1.165, 1.54) is 19.3 Å². The minimum Gasteiger partial charge on any atom is -0.337 e. The highest BCUT2D eigenvalue weighted by Gasteiger charge is 2.22. The van der Waals surface area contributed by atoms with E-state index in [0.29, 0.717) is 18.5 Å². The molecule has 0 amide bonds. The molecule has 106 valence electrons. The molecule has 1 fully saturated rings. The third-order valence-corrected chi connectivity index (χ3v) is 3.86. The summed E-state index contributed by atoms with van der Waals surface area (Å²) in [7, 11) is 0. The Balaban J connectivity index is 2.32. The van der Waals surface area contributed by atoms with Gasteiger partial charge in [-0.15, -0.1) is 0 Å². The van der Waals surface area contributed by atoms with E-state index in [9.17, 15) is 0 Å². The topological polar surface area (TPSA) is 55.0 Å². The minimum atomic E-state index is 0.393.